The van der Waals surface area contributed by atoms with Crippen molar-refractivity contribution in [3.63, 3.8) is 0 Å². The summed E-state index contributed by atoms with van der Waals surface area (Å²) < 4.78 is 25.8. The fraction of sp³-hybridized carbons (Fsp3) is 0.0909. The van der Waals surface area contributed by atoms with Gasteiger partial charge in [0.2, 0.25) is 5.13 Å². The maximum Gasteiger partial charge on any atom is 0.265 e. The fourth-order valence-corrected chi connectivity index (χ4v) is 3.82. The number of halogens is 1. The molecule has 0 radical (unpaired) electrons. The Morgan fingerprint density at radius 1 is 1.50 bits per heavy atom. The highest BCUT2D eigenvalue weighted by Crippen LogP contribution is 2.30. The molecule has 0 spiro atoms. The van der Waals surface area contributed by atoms with Crippen LogP contribution in [-0.2, 0) is 10.0 Å². The van der Waals surface area contributed by atoms with Crippen molar-refractivity contribution in [3.8, 4) is 6.07 Å². The number of hydrogen-bond acceptors (Lipinski definition) is 6. The van der Waals surface area contributed by atoms with Gasteiger partial charge in [-0.05, 0) is 18.2 Å². The number of hydrogen-bond donors (Lipinski definition) is 1. The van der Waals surface area contributed by atoms with Crippen molar-refractivity contribution in [1.82, 2.24) is 4.98 Å². The summed E-state index contributed by atoms with van der Waals surface area (Å²) in [4.78, 5) is 4.10. The van der Waals surface area contributed by atoms with Crippen molar-refractivity contribution >= 4 is 43.9 Å². The van der Waals surface area contributed by atoms with Gasteiger partial charge in [-0.25, -0.2) is 17.7 Å². The molecule has 0 bridgehead atoms. The van der Waals surface area contributed by atoms with E-state index in [0.29, 0.717) is 5.02 Å². The molecule has 1 aromatic heterocycles. The van der Waals surface area contributed by atoms with E-state index in [4.69, 9.17) is 22.6 Å². The third-order valence-electron chi connectivity index (χ3n) is 2.47. The number of thiazole rings is 1. The van der Waals surface area contributed by atoms with Crippen LogP contribution in [0.1, 0.15) is 4.88 Å². The van der Waals surface area contributed by atoms with E-state index in [-0.39, 0.29) is 20.7 Å². The van der Waals surface area contributed by atoms with E-state index < -0.39 is 10.0 Å². The van der Waals surface area contributed by atoms with Crippen LogP contribution in [0.25, 0.3) is 0 Å². The number of aromatic nitrogens is 1. The summed E-state index contributed by atoms with van der Waals surface area (Å²) in [5, 5.41) is 9.26. The topological polar surface area (TPSA) is 100 Å². The molecule has 0 saturated heterocycles. The molecule has 2 rings (SSSR count). The van der Waals surface area contributed by atoms with Crippen LogP contribution in [0, 0.1) is 11.3 Å². The molecule has 0 aliphatic heterocycles. The molecule has 20 heavy (non-hydrogen) atoms. The second kappa shape index (κ2) is 5.28. The molecule has 1 aromatic carbocycles. The van der Waals surface area contributed by atoms with Gasteiger partial charge in [-0.3, -0.25) is 0 Å². The van der Waals surface area contributed by atoms with Gasteiger partial charge < -0.3 is 5.73 Å². The number of nitriles is 1. The van der Waals surface area contributed by atoms with E-state index in [1.165, 1.54) is 19.2 Å². The Morgan fingerprint density at radius 3 is 2.75 bits per heavy atom. The first-order valence-electron chi connectivity index (χ1n) is 5.27. The van der Waals surface area contributed by atoms with Gasteiger partial charge in [0.1, 0.15) is 6.07 Å². The number of nitrogens with two attached hydrogens (primary N) is 1. The smallest absolute Gasteiger partial charge is 0.265 e. The number of nitrogens with zero attached hydrogens (tertiary/aromatic N) is 3. The van der Waals surface area contributed by atoms with Crippen molar-refractivity contribution in [2.75, 3.05) is 17.1 Å². The number of rotatable bonds is 3. The van der Waals surface area contributed by atoms with E-state index in [0.717, 1.165) is 15.6 Å². The van der Waals surface area contributed by atoms with Gasteiger partial charge in [0, 0.05) is 12.1 Å². The molecular weight excluding hydrogens is 320 g/mol. The fourth-order valence-electron chi connectivity index (χ4n) is 1.42. The zero-order chi connectivity index (χ0) is 14.9. The van der Waals surface area contributed by atoms with Crippen molar-refractivity contribution in [1.29, 1.82) is 5.26 Å². The lowest BCUT2D eigenvalue weighted by Gasteiger charge is -2.16. The molecule has 0 unspecified atom stereocenters. The van der Waals surface area contributed by atoms with Crippen LogP contribution in [0.2, 0.25) is 5.02 Å². The molecule has 0 aliphatic rings. The summed E-state index contributed by atoms with van der Waals surface area (Å²) in [5.41, 5.74) is 5.53. The molecule has 0 atom stereocenters. The summed E-state index contributed by atoms with van der Waals surface area (Å²) in [6.07, 6.45) is 0. The van der Waals surface area contributed by atoms with Gasteiger partial charge >= 0.3 is 0 Å². The Balaban J connectivity index is 2.46. The Bertz CT molecular complexity index is 795. The van der Waals surface area contributed by atoms with Gasteiger partial charge in [-0.1, -0.05) is 29.0 Å². The highest BCUT2D eigenvalue weighted by atomic mass is 35.5. The number of anilines is 2. The third-order valence-corrected chi connectivity index (χ3v) is 5.61. The van der Waals surface area contributed by atoms with Crippen LogP contribution >= 0.6 is 22.9 Å². The highest BCUT2D eigenvalue weighted by molar-refractivity contribution is 7.93. The van der Waals surface area contributed by atoms with E-state index in [2.05, 4.69) is 4.98 Å². The van der Waals surface area contributed by atoms with Gasteiger partial charge in [0.05, 0.1) is 4.90 Å². The van der Waals surface area contributed by atoms with Gasteiger partial charge in [0.25, 0.3) is 10.0 Å². The monoisotopic (exact) mass is 328 g/mol. The van der Waals surface area contributed by atoms with Crippen LogP contribution in [-0.4, -0.2) is 20.4 Å². The van der Waals surface area contributed by atoms with Gasteiger partial charge in [-0.2, -0.15) is 5.26 Å². The first-order valence-corrected chi connectivity index (χ1v) is 7.90. The van der Waals surface area contributed by atoms with Crippen LogP contribution in [0.15, 0.2) is 29.2 Å². The molecule has 0 amide bonds. The average molecular weight is 329 g/mol. The summed E-state index contributed by atoms with van der Waals surface area (Å²) in [6, 6.07) is 7.75. The number of benzene rings is 1. The van der Waals surface area contributed by atoms with Crippen LogP contribution in [0.3, 0.4) is 0 Å². The van der Waals surface area contributed by atoms with Crippen molar-refractivity contribution < 1.29 is 8.42 Å². The van der Waals surface area contributed by atoms with Crippen LogP contribution in [0.5, 0.6) is 0 Å². The molecule has 6 nitrogen and oxygen atoms in total. The highest BCUT2D eigenvalue weighted by Gasteiger charge is 2.25. The summed E-state index contributed by atoms with van der Waals surface area (Å²) in [7, 11) is -2.45. The largest absolute Gasteiger partial charge is 0.382 e. The number of nitrogen functional groups attached to an aromatic ring is 1. The lowest BCUT2D eigenvalue weighted by atomic mass is 10.4. The van der Waals surface area contributed by atoms with Crippen LogP contribution < -0.4 is 10.0 Å². The lowest BCUT2D eigenvalue weighted by molar-refractivity contribution is 0.594. The summed E-state index contributed by atoms with van der Waals surface area (Å²) in [5.74, 6) is 0.0145. The maximum atomic E-state index is 12.4. The van der Waals surface area contributed by atoms with Crippen molar-refractivity contribution in [2.45, 2.75) is 4.90 Å². The first-order chi connectivity index (χ1) is 9.36. The van der Waals surface area contributed by atoms with Crippen LogP contribution in [0.4, 0.5) is 10.9 Å². The van der Waals surface area contributed by atoms with E-state index in [1.54, 1.807) is 12.1 Å². The average Bonchev–Trinajstić information content (AvgIpc) is 2.79. The standard InChI is InChI=1S/C11H9ClN4O2S2/c1-16(11-15-10(14)9(6-13)19-11)20(17,18)8-4-2-3-7(12)5-8/h2-5H,14H2,1H3. The van der Waals surface area contributed by atoms with Crippen molar-refractivity contribution in [2.24, 2.45) is 0 Å². The van der Waals surface area contributed by atoms with Crippen molar-refractivity contribution in [3.05, 3.63) is 34.2 Å². The predicted octanol–water partition coefficient (Wildman–Crippen LogP) is 2.08. The Hall–Kier alpha value is -1.82. The normalized spacial score (nSPS) is 11.1. The zero-order valence-corrected chi connectivity index (χ0v) is 12.6. The van der Waals surface area contributed by atoms with E-state index in [1.807, 2.05) is 6.07 Å². The molecule has 104 valence electrons. The second-order valence-electron chi connectivity index (χ2n) is 3.75. The Kier molecular flexibility index (Phi) is 3.85. The minimum Gasteiger partial charge on any atom is -0.382 e. The molecule has 9 heteroatoms. The van der Waals surface area contributed by atoms with Gasteiger partial charge in [0.15, 0.2) is 10.7 Å². The molecule has 2 aromatic rings. The molecule has 2 N–H and O–H groups in total. The minimum absolute atomic E-state index is 0.0145. The summed E-state index contributed by atoms with van der Waals surface area (Å²) in [6.45, 7) is 0. The lowest BCUT2D eigenvalue weighted by Crippen LogP contribution is -2.26. The number of sulfonamides is 1. The van der Waals surface area contributed by atoms with Gasteiger partial charge in [-0.15, -0.1) is 0 Å². The molecule has 0 aliphatic carbocycles. The molecule has 0 saturated carbocycles. The Labute approximate surface area is 125 Å². The minimum atomic E-state index is -3.79. The van der Waals surface area contributed by atoms with E-state index in [9.17, 15) is 8.42 Å². The Morgan fingerprint density at radius 2 is 2.20 bits per heavy atom. The van der Waals surface area contributed by atoms with E-state index >= 15 is 0 Å². The zero-order valence-electron chi connectivity index (χ0n) is 10.2. The summed E-state index contributed by atoms with van der Waals surface area (Å²) >= 11 is 6.70. The third kappa shape index (κ3) is 2.56. The SMILES string of the molecule is CN(c1nc(N)c(C#N)s1)S(=O)(=O)c1cccc(Cl)c1. The quantitative estimate of drug-likeness (QED) is 0.929. The molecule has 0 fully saturated rings. The first kappa shape index (κ1) is 14.6. The maximum absolute atomic E-state index is 12.4. The second-order valence-corrected chi connectivity index (χ2v) is 7.14. The molecule has 1 heterocycles. The predicted molar refractivity (Wildman–Crippen MR) is 78.3 cm³/mol. The molecular formula is C11H9ClN4O2S2.